The molecule has 10 heavy (non-hydrogen) atoms. The van der Waals surface area contributed by atoms with Gasteiger partial charge in [-0.25, -0.2) is 0 Å². The highest BCUT2D eigenvalue weighted by molar-refractivity contribution is 9.09. The molecule has 0 rings (SSSR count). The number of halogens is 2. The Hall–Kier alpha value is 1.27. The van der Waals surface area contributed by atoms with Gasteiger partial charge in [0.15, 0.2) is 0 Å². The molecule has 0 amide bonds. The normalized spacial score (nSPS) is 10.8. The molecular formula is C4H9Br2O3P. The van der Waals surface area contributed by atoms with Crippen molar-refractivity contribution in [3.8, 4) is 0 Å². The highest BCUT2D eigenvalue weighted by atomic mass is 79.9. The Balaban J connectivity index is 3.00. The number of alkyl halides is 2. The predicted octanol–water partition coefficient (Wildman–Crippen LogP) is 2.03. The molecule has 0 atom stereocenters. The summed E-state index contributed by atoms with van der Waals surface area (Å²) in [4.78, 5) is 8.89. The molecule has 0 bridgehead atoms. The van der Waals surface area contributed by atoms with Gasteiger partial charge in [0.1, 0.15) is 0 Å². The van der Waals surface area contributed by atoms with E-state index in [4.69, 9.17) is 13.9 Å². The van der Waals surface area contributed by atoms with E-state index in [1.54, 1.807) is 0 Å². The minimum atomic E-state index is -1.65. The topological polar surface area (TPSA) is 38.7 Å². The van der Waals surface area contributed by atoms with E-state index >= 15 is 0 Å². The SMILES string of the molecule is OP(OCCBr)OCCBr. The molecule has 0 aliphatic carbocycles. The molecule has 0 radical (unpaired) electrons. The lowest BCUT2D eigenvalue weighted by molar-refractivity contribution is 0.219. The molecule has 0 aliphatic rings. The van der Waals surface area contributed by atoms with E-state index < -0.39 is 8.60 Å². The van der Waals surface area contributed by atoms with E-state index in [9.17, 15) is 0 Å². The van der Waals surface area contributed by atoms with Crippen molar-refractivity contribution >= 4 is 40.5 Å². The van der Waals surface area contributed by atoms with E-state index in [1.807, 2.05) is 0 Å². The third-order valence-corrected chi connectivity index (χ3v) is 2.01. The molecule has 0 aliphatic heterocycles. The van der Waals surface area contributed by atoms with Crippen molar-refractivity contribution in [1.29, 1.82) is 0 Å². The summed E-state index contributed by atoms with van der Waals surface area (Å²) >= 11 is 6.31. The van der Waals surface area contributed by atoms with Crippen LogP contribution in [-0.2, 0) is 9.05 Å². The van der Waals surface area contributed by atoms with Crippen LogP contribution in [0, 0.1) is 0 Å². The summed E-state index contributed by atoms with van der Waals surface area (Å²) in [6.45, 7) is 0.953. The third-order valence-electron chi connectivity index (χ3n) is 0.558. The van der Waals surface area contributed by atoms with E-state index in [0.717, 1.165) is 0 Å². The van der Waals surface area contributed by atoms with E-state index in [0.29, 0.717) is 23.9 Å². The van der Waals surface area contributed by atoms with Crippen molar-refractivity contribution in [1.82, 2.24) is 0 Å². The number of hydrogen-bond acceptors (Lipinski definition) is 3. The Kier molecular flexibility index (Phi) is 9.43. The zero-order chi connectivity index (χ0) is 7.82. The van der Waals surface area contributed by atoms with Crippen LogP contribution in [0.1, 0.15) is 0 Å². The molecule has 3 nitrogen and oxygen atoms in total. The van der Waals surface area contributed by atoms with Crippen LogP contribution in [0.5, 0.6) is 0 Å². The lowest BCUT2D eigenvalue weighted by atomic mass is 10.9. The summed E-state index contributed by atoms with van der Waals surface area (Å²) in [5.41, 5.74) is 0. The van der Waals surface area contributed by atoms with Gasteiger partial charge in [0.25, 0.3) is 0 Å². The molecule has 1 N–H and O–H groups in total. The lowest BCUT2D eigenvalue weighted by Crippen LogP contribution is -1.95. The van der Waals surface area contributed by atoms with Crippen molar-refractivity contribution in [2.24, 2.45) is 0 Å². The quantitative estimate of drug-likeness (QED) is 0.602. The van der Waals surface area contributed by atoms with Crippen LogP contribution in [0.25, 0.3) is 0 Å². The Morgan fingerprint density at radius 3 is 1.80 bits per heavy atom. The number of hydrogen-bond donors (Lipinski definition) is 1. The minimum absolute atomic E-state index is 0.477. The zero-order valence-corrected chi connectivity index (χ0v) is 9.36. The molecule has 0 aromatic heterocycles. The predicted molar refractivity (Wildman–Crippen MR) is 48.6 cm³/mol. The van der Waals surface area contributed by atoms with Crippen LogP contribution >= 0.6 is 40.5 Å². The van der Waals surface area contributed by atoms with Crippen LogP contribution < -0.4 is 0 Å². The lowest BCUT2D eigenvalue weighted by Gasteiger charge is -2.07. The Labute approximate surface area is 78.4 Å². The van der Waals surface area contributed by atoms with Gasteiger partial charge >= 0.3 is 8.60 Å². The van der Waals surface area contributed by atoms with Gasteiger partial charge in [0.2, 0.25) is 0 Å². The minimum Gasteiger partial charge on any atom is -0.328 e. The second kappa shape index (κ2) is 8.37. The smallest absolute Gasteiger partial charge is 0.328 e. The van der Waals surface area contributed by atoms with E-state index in [2.05, 4.69) is 31.9 Å². The van der Waals surface area contributed by atoms with Gasteiger partial charge in [-0.2, -0.15) is 0 Å². The van der Waals surface area contributed by atoms with Crippen LogP contribution in [0.2, 0.25) is 0 Å². The third kappa shape index (κ3) is 7.38. The van der Waals surface area contributed by atoms with Crippen LogP contribution in [0.15, 0.2) is 0 Å². The van der Waals surface area contributed by atoms with Crippen LogP contribution in [0.3, 0.4) is 0 Å². The summed E-state index contributed by atoms with van der Waals surface area (Å²) in [6, 6.07) is 0. The Morgan fingerprint density at radius 2 is 1.50 bits per heavy atom. The molecule has 62 valence electrons. The van der Waals surface area contributed by atoms with E-state index in [-0.39, 0.29) is 0 Å². The summed E-state index contributed by atoms with van der Waals surface area (Å²) in [6.07, 6.45) is 0. The molecule has 0 aromatic rings. The summed E-state index contributed by atoms with van der Waals surface area (Å²) < 4.78 is 9.65. The zero-order valence-electron chi connectivity index (χ0n) is 5.30. The van der Waals surface area contributed by atoms with Gasteiger partial charge < -0.3 is 13.9 Å². The maximum atomic E-state index is 8.89. The summed E-state index contributed by atoms with van der Waals surface area (Å²) in [5.74, 6) is 0. The highest BCUT2D eigenvalue weighted by Gasteiger charge is 2.03. The van der Waals surface area contributed by atoms with Gasteiger partial charge in [-0.3, -0.25) is 0 Å². The monoisotopic (exact) mass is 294 g/mol. The molecule has 0 aromatic carbocycles. The first-order chi connectivity index (χ1) is 4.81. The second-order valence-electron chi connectivity index (χ2n) is 1.28. The highest BCUT2D eigenvalue weighted by Crippen LogP contribution is 2.32. The standard InChI is InChI=1S/C4H9Br2O3P/c5-1-3-8-10(7)9-4-2-6/h7H,1-4H2. The van der Waals surface area contributed by atoms with Crippen LogP contribution in [-0.4, -0.2) is 28.8 Å². The molecule has 0 heterocycles. The van der Waals surface area contributed by atoms with Gasteiger partial charge in [-0.1, -0.05) is 31.9 Å². The van der Waals surface area contributed by atoms with Crippen molar-refractivity contribution in [3.63, 3.8) is 0 Å². The maximum absolute atomic E-state index is 8.89. The van der Waals surface area contributed by atoms with Crippen LogP contribution in [0.4, 0.5) is 0 Å². The van der Waals surface area contributed by atoms with E-state index in [1.165, 1.54) is 0 Å². The molecule has 0 unspecified atom stereocenters. The van der Waals surface area contributed by atoms with Gasteiger partial charge in [0, 0.05) is 10.7 Å². The van der Waals surface area contributed by atoms with Crippen molar-refractivity contribution in [2.45, 2.75) is 0 Å². The first-order valence-corrected chi connectivity index (χ1v) is 6.05. The Morgan fingerprint density at radius 1 is 1.10 bits per heavy atom. The first kappa shape index (κ1) is 11.3. The van der Waals surface area contributed by atoms with Gasteiger partial charge in [0.05, 0.1) is 13.2 Å². The Bertz CT molecular complexity index is 67.5. The second-order valence-corrected chi connectivity index (χ2v) is 3.86. The average Bonchev–Trinajstić information content (AvgIpc) is 1.97. The summed E-state index contributed by atoms with van der Waals surface area (Å²) in [5, 5.41) is 1.42. The van der Waals surface area contributed by atoms with Gasteiger partial charge in [-0.05, 0) is 0 Å². The van der Waals surface area contributed by atoms with Crippen molar-refractivity contribution in [3.05, 3.63) is 0 Å². The largest absolute Gasteiger partial charge is 0.329 e. The van der Waals surface area contributed by atoms with Crippen molar-refractivity contribution < 1.29 is 13.9 Å². The molecule has 0 spiro atoms. The fourth-order valence-corrected chi connectivity index (χ4v) is 1.66. The average molecular weight is 296 g/mol. The molecule has 0 fully saturated rings. The molecule has 6 heteroatoms. The molecule has 0 saturated heterocycles. The first-order valence-electron chi connectivity index (χ1n) is 2.68. The summed E-state index contributed by atoms with van der Waals surface area (Å²) in [7, 11) is -1.65. The number of rotatable bonds is 6. The molecular weight excluding hydrogens is 287 g/mol. The van der Waals surface area contributed by atoms with Crippen molar-refractivity contribution in [2.75, 3.05) is 23.9 Å². The molecule has 0 saturated carbocycles. The fraction of sp³-hybridized carbons (Fsp3) is 1.00. The van der Waals surface area contributed by atoms with Gasteiger partial charge in [-0.15, -0.1) is 0 Å². The fourth-order valence-electron chi connectivity index (χ4n) is 0.262. The maximum Gasteiger partial charge on any atom is 0.329 e.